The molecule has 3 unspecified atom stereocenters. The fourth-order valence-corrected chi connectivity index (χ4v) is 2.72. The number of rotatable bonds is 3. The van der Waals surface area contributed by atoms with Gasteiger partial charge in [-0.3, -0.25) is 0 Å². The van der Waals surface area contributed by atoms with Crippen molar-refractivity contribution in [2.75, 3.05) is 0 Å². The summed E-state index contributed by atoms with van der Waals surface area (Å²) >= 11 is 0. The van der Waals surface area contributed by atoms with Crippen LogP contribution >= 0.6 is 0 Å². The van der Waals surface area contributed by atoms with Crippen LogP contribution in [-0.4, -0.2) is 0 Å². The summed E-state index contributed by atoms with van der Waals surface area (Å²) in [6, 6.07) is 10.6. The topological polar surface area (TPSA) is 26.0 Å². The summed E-state index contributed by atoms with van der Waals surface area (Å²) in [7, 11) is 0. The third-order valence-electron chi connectivity index (χ3n) is 3.93. The lowest BCUT2D eigenvalue weighted by atomic mass is 9.99. The molecule has 1 nitrogen and oxygen atoms in total. The molecule has 0 aliphatic heterocycles. The zero-order valence-electron chi connectivity index (χ0n) is 10.7. The Hall–Kier alpha value is -1.81. The van der Waals surface area contributed by atoms with E-state index in [0.717, 1.165) is 18.1 Å². The Labute approximate surface area is 115 Å². The normalized spacial score (nSPS) is 22.6. The van der Waals surface area contributed by atoms with Gasteiger partial charge in [0.2, 0.25) is 0 Å². The summed E-state index contributed by atoms with van der Waals surface area (Å²) in [6.45, 7) is 0. The molecule has 3 rings (SSSR count). The van der Waals surface area contributed by atoms with Crippen molar-refractivity contribution in [3.63, 3.8) is 0 Å². The second kappa shape index (κ2) is 4.94. The van der Waals surface area contributed by atoms with Gasteiger partial charge in [-0.2, -0.15) is 0 Å². The van der Waals surface area contributed by atoms with Gasteiger partial charge in [-0.15, -0.1) is 0 Å². The third-order valence-corrected chi connectivity index (χ3v) is 3.93. The summed E-state index contributed by atoms with van der Waals surface area (Å²) in [5, 5.41) is 0. The molecule has 1 fully saturated rings. The minimum Gasteiger partial charge on any atom is -0.324 e. The summed E-state index contributed by atoms with van der Waals surface area (Å²) in [5.41, 5.74) is 7.22. The smallest absolute Gasteiger partial charge is 0.161 e. The molecule has 0 saturated heterocycles. The molecular formula is C16H14F3N. The van der Waals surface area contributed by atoms with Crippen molar-refractivity contribution in [2.24, 2.45) is 11.7 Å². The maximum atomic E-state index is 13.7. The molecule has 1 saturated carbocycles. The van der Waals surface area contributed by atoms with Gasteiger partial charge in [-0.05, 0) is 29.9 Å². The van der Waals surface area contributed by atoms with E-state index in [2.05, 4.69) is 0 Å². The van der Waals surface area contributed by atoms with E-state index < -0.39 is 23.5 Å². The zero-order chi connectivity index (χ0) is 14.3. The van der Waals surface area contributed by atoms with Crippen LogP contribution in [0.4, 0.5) is 13.2 Å². The summed E-state index contributed by atoms with van der Waals surface area (Å²) in [6.07, 6.45) is 0.837. The molecule has 0 amide bonds. The van der Waals surface area contributed by atoms with Crippen molar-refractivity contribution in [3.05, 3.63) is 71.0 Å². The maximum absolute atomic E-state index is 13.7. The highest BCUT2D eigenvalue weighted by Crippen LogP contribution is 2.53. The molecule has 4 heteroatoms. The lowest BCUT2D eigenvalue weighted by Crippen LogP contribution is -2.16. The van der Waals surface area contributed by atoms with Crippen LogP contribution in [0.1, 0.15) is 29.5 Å². The lowest BCUT2D eigenvalue weighted by molar-refractivity contribution is 0.477. The quantitative estimate of drug-likeness (QED) is 0.846. The molecule has 0 radical (unpaired) electrons. The first-order chi connectivity index (χ1) is 9.58. The number of halogens is 3. The van der Waals surface area contributed by atoms with Crippen LogP contribution in [0.3, 0.4) is 0 Å². The average Bonchev–Trinajstić information content (AvgIpc) is 3.23. The van der Waals surface area contributed by atoms with Crippen LogP contribution in [0, 0.1) is 23.4 Å². The predicted molar refractivity (Wildman–Crippen MR) is 70.5 cm³/mol. The van der Waals surface area contributed by atoms with Crippen molar-refractivity contribution in [1.82, 2.24) is 0 Å². The van der Waals surface area contributed by atoms with Gasteiger partial charge in [0, 0.05) is 17.7 Å². The number of hydrogen-bond donors (Lipinski definition) is 1. The standard InChI is InChI=1S/C16H14F3N/c17-13-8-15(19)14(18)7-12(13)16(20)11-6-10(11)9-4-2-1-3-5-9/h1-5,7-8,10-11,16H,6,20H2. The van der Waals surface area contributed by atoms with E-state index in [1.54, 1.807) is 0 Å². The van der Waals surface area contributed by atoms with Crippen LogP contribution in [0.25, 0.3) is 0 Å². The number of benzene rings is 2. The van der Waals surface area contributed by atoms with E-state index in [9.17, 15) is 13.2 Å². The molecule has 0 aromatic heterocycles. The second-order valence-corrected chi connectivity index (χ2v) is 5.23. The molecule has 1 aliphatic rings. The molecule has 2 N–H and O–H groups in total. The van der Waals surface area contributed by atoms with Gasteiger partial charge in [-0.25, -0.2) is 13.2 Å². The first-order valence-electron chi connectivity index (χ1n) is 6.53. The van der Waals surface area contributed by atoms with Gasteiger partial charge < -0.3 is 5.73 Å². The minimum absolute atomic E-state index is 0.0485. The summed E-state index contributed by atoms with van der Waals surface area (Å²) in [4.78, 5) is 0. The fourth-order valence-electron chi connectivity index (χ4n) is 2.72. The highest BCUT2D eigenvalue weighted by Gasteiger charge is 2.43. The van der Waals surface area contributed by atoms with Gasteiger partial charge in [0.15, 0.2) is 11.6 Å². The Morgan fingerprint density at radius 3 is 2.30 bits per heavy atom. The Bertz CT molecular complexity index is 627. The Kier molecular flexibility index (Phi) is 3.26. The number of nitrogens with two attached hydrogens (primary N) is 1. The Morgan fingerprint density at radius 2 is 1.60 bits per heavy atom. The van der Waals surface area contributed by atoms with E-state index in [-0.39, 0.29) is 17.4 Å². The van der Waals surface area contributed by atoms with Crippen molar-refractivity contribution in [3.8, 4) is 0 Å². The molecule has 2 aromatic carbocycles. The highest BCUT2D eigenvalue weighted by molar-refractivity contribution is 5.31. The predicted octanol–water partition coefficient (Wildman–Crippen LogP) is 3.91. The summed E-state index contributed by atoms with van der Waals surface area (Å²) in [5.74, 6) is -2.70. The van der Waals surface area contributed by atoms with Gasteiger partial charge in [0.25, 0.3) is 0 Å². The minimum atomic E-state index is -1.19. The molecule has 0 spiro atoms. The van der Waals surface area contributed by atoms with E-state index in [1.165, 1.54) is 0 Å². The van der Waals surface area contributed by atoms with E-state index >= 15 is 0 Å². The molecular weight excluding hydrogens is 263 g/mol. The highest BCUT2D eigenvalue weighted by atomic mass is 19.2. The monoisotopic (exact) mass is 277 g/mol. The fraction of sp³-hybridized carbons (Fsp3) is 0.250. The van der Waals surface area contributed by atoms with Crippen molar-refractivity contribution < 1.29 is 13.2 Å². The van der Waals surface area contributed by atoms with Gasteiger partial charge in [0.05, 0.1) is 0 Å². The molecule has 104 valence electrons. The number of hydrogen-bond acceptors (Lipinski definition) is 1. The van der Waals surface area contributed by atoms with Crippen LogP contribution in [0.2, 0.25) is 0 Å². The van der Waals surface area contributed by atoms with Crippen molar-refractivity contribution in [1.29, 1.82) is 0 Å². The molecule has 3 atom stereocenters. The Morgan fingerprint density at radius 1 is 0.950 bits per heavy atom. The molecule has 0 heterocycles. The third kappa shape index (κ3) is 2.31. The molecule has 0 bridgehead atoms. The average molecular weight is 277 g/mol. The first-order valence-corrected chi connectivity index (χ1v) is 6.53. The molecule has 2 aromatic rings. The SMILES string of the molecule is NC(c1cc(F)c(F)cc1F)C1CC1c1ccccc1. The van der Waals surface area contributed by atoms with E-state index in [4.69, 9.17) is 5.73 Å². The van der Waals surface area contributed by atoms with Crippen LogP contribution < -0.4 is 5.73 Å². The van der Waals surface area contributed by atoms with Crippen molar-refractivity contribution in [2.45, 2.75) is 18.4 Å². The second-order valence-electron chi connectivity index (χ2n) is 5.23. The van der Waals surface area contributed by atoms with E-state index in [1.807, 2.05) is 30.3 Å². The lowest BCUT2D eigenvalue weighted by Gasteiger charge is -2.13. The maximum Gasteiger partial charge on any atom is 0.161 e. The van der Waals surface area contributed by atoms with Crippen LogP contribution in [-0.2, 0) is 0 Å². The summed E-state index contributed by atoms with van der Waals surface area (Å²) < 4.78 is 39.9. The Balaban J connectivity index is 1.82. The molecule has 1 aliphatic carbocycles. The van der Waals surface area contributed by atoms with Crippen LogP contribution in [0.5, 0.6) is 0 Å². The zero-order valence-corrected chi connectivity index (χ0v) is 10.7. The van der Waals surface area contributed by atoms with Gasteiger partial charge in [-0.1, -0.05) is 30.3 Å². The van der Waals surface area contributed by atoms with Gasteiger partial charge >= 0.3 is 0 Å². The molecule has 20 heavy (non-hydrogen) atoms. The van der Waals surface area contributed by atoms with Gasteiger partial charge in [0.1, 0.15) is 5.82 Å². The first kappa shape index (κ1) is 13.2. The van der Waals surface area contributed by atoms with Crippen molar-refractivity contribution >= 4 is 0 Å². The van der Waals surface area contributed by atoms with E-state index in [0.29, 0.717) is 6.07 Å². The largest absolute Gasteiger partial charge is 0.324 e. The van der Waals surface area contributed by atoms with Crippen LogP contribution in [0.15, 0.2) is 42.5 Å².